The van der Waals surface area contributed by atoms with Gasteiger partial charge >= 0.3 is 0 Å². The number of halogens is 1. The molecule has 0 atom stereocenters. The Kier molecular flexibility index (Phi) is 5.83. The second kappa shape index (κ2) is 8.08. The van der Waals surface area contributed by atoms with Crippen LogP contribution in [0.2, 0.25) is 0 Å². The van der Waals surface area contributed by atoms with Crippen molar-refractivity contribution in [3.63, 3.8) is 0 Å². The van der Waals surface area contributed by atoms with Crippen LogP contribution >= 0.6 is 0 Å². The number of nitrogens with zero attached hydrogens (tertiary/aromatic N) is 2. The van der Waals surface area contributed by atoms with E-state index in [0.29, 0.717) is 11.3 Å². The first kappa shape index (κ1) is 15.9. The number of aryl methyl sites for hydroxylation is 1. The van der Waals surface area contributed by atoms with Crippen LogP contribution < -0.4 is 4.74 Å². The topological polar surface area (TPSA) is 34.0 Å². The van der Waals surface area contributed by atoms with Crippen LogP contribution in [0.5, 0.6) is 5.75 Å². The maximum Gasteiger partial charge on any atom is 0.135 e. The summed E-state index contributed by atoms with van der Waals surface area (Å²) in [5.41, 5.74) is 2.65. The van der Waals surface area contributed by atoms with E-state index in [1.54, 1.807) is 18.3 Å². The molecule has 22 heavy (non-hydrogen) atoms. The maximum atomic E-state index is 13.7. The summed E-state index contributed by atoms with van der Waals surface area (Å²) >= 11 is 0. The monoisotopic (exact) mass is 298 g/mol. The lowest BCUT2D eigenvalue weighted by molar-refractivity contribution is 0.411. The highest BCUT2D eigenvalue weighted by Crippen LogP contribution is 2.14. The quantitative estimate of drug-likeness (QED) is 0.580. The minimum Gasteiger partial charge on any atom is -0.497 e. The third-order valence-corrected chi connectivity index (χ3v) is 3.20. The van der Waals surface area contributed by atoms with Crippen LogP contribution in [0, 0.1) is 5.82 Å². The zero-order chi connectivity index (χ0) is 15.8. The third-order valence-electron chi connectivity index (χ3n) is 3.20. The van der Waals surface area contributed by atoms with Crippen LogP contribution in [0.4, 0.5) is 4.39 Å². The van der Waals surface area contributed by atoms with E-state index in [4.69, 9.17) is 4.74 Å². The first-order valence-corrected chi connectivity index (χ1v) is 7.22. The summed E-state index contributed by atoms with van der Waals surface area (Å²) < 4.78 is 18.6. The highest BCUT2D eigenvalue weighted by molar-refractivity contribution is 5.83. The fourth-order valence-corrected chi connectivity index (χ4v) is 1.99. The van der Waals surface area contributed by atoms with E-state index in [-0.39, 0.29) is 5.82 Å². The summed E-state index contributed by atoms with van der Waals surface area (Å²) in [6.45, 7) is 2.16. The molecule has 0 amide bonds. The van der Waals surface area contributed by atoms with Gasteiger partial charge in [-0.05, 0) is 29.7 Å². The molecule has 0 unspecified atom stereocenters. The van der Waals surface area contributed by atoms with Gasteiger partial charge in [-0.3, -0.25) is 0 Å². The molecular weight excluding hydrogens is 279 g/mol. The Morgan fingerprint density at radius 1 is 1.05 bits per heavy atom. The molecule has 0 heterocycles. The summed E-state index contributed by atoms with van der Waals surface area (Å²) in [5, 5.41) is 7.82. The zero-order valence-corrected chi connectivity index (χ0v) is 12.8. The van der Waals surface area contributed by atoms with Gasteiger partial charge in [-0.15, -0.1) is 0 Å². The summed E-state index contributed by atoms with van der Waals surface area (Å²) in [6, 6.07) is 12.8. The summed E-state index contributed by atoms with van der Waals surface area (Å²) in [7, 11) is 1.50. The van der Waals surface area contributed by atoms with E-state index in [1.165, 1.54) is 25.0 Å². The minimum atomic E-state index is -0.387. The van der Waals surface area contributed by atoms with Crippen molar-refractivity contribution in [1.82, 2.24) is 0 Å². The van der Waals surface area contributed by atoms with Gasteiger partial charge in [-0.25, -0.2) is 4.39 Å². The van der Waals surface area contributed by atoms with Gasteiger partial charge in [-0.1, -0.05) is 37.6 Å². The number of hydrogen-bond donors (Lipinski definition) is 0. The Hall–Kier alpha value is -2.49. The fraction of sp³-hybridized carbons (Fsp3) is 0.222. The molecule has 0 fully saturated rings. The van der Waals surface area contributed by atoms with Gasteiger partial charge in [-0.2, -0.15) is 10.2 Å². The van der Waals surface area contributed by atoms with E-state index < -0.39 is 0 Å². The summed E-state index contributed by atoms with van der Waals surface area (Å²) in [6.07, 6.45) is 5.24. The van der Waals surface area contributed by atoms with Crippen molar-refractivity contribution in [1.29, 1.82) is 0 Å². The van der Waals surface area contributed by atoms with Gasteiger partial charge in [0.25, 0.3) is 0 Å². The highest BCUT2D eigenvalue weighted by Gasteiger charge is 2.00. The first-order valence-electron chi connectivity index (χ1n) is 7.22. The standard InChI is InChI=1S/C18H19FN2O/c1-3-4-14-5-7-15(8-6-14)12-20-21-13-16-9-10-17(22-2)11-18(16)19/h5-13H,3-4H2,1-2H3. The van der Waals surface area contributed by atoms with Crippen LogP contribution in [-0.4, -0.2) is 19.5 Å². The Morgan fingerprint density at radius 2 is 1.77 bits per heavy atom. The van der Waals surface area contributed by atoms with Crippen LogP contribution in [0.15, 0.2) is 52.7 Å². The molecule has 114 valence electrons. The van der Waals surface area contributed by atoms with Gasteiger partial charge in [0.05, 0.1) is 19.5 Å². The van der Waals surface area contributed by atoms with Gasteiger partial charge in [0, 0.05) is 11.6 Å². The van der Waals surface area contributed by atoms with E-state index in [0.717, 1.165) is 18.4 Å². The molecule has 4 heteroatoms. The molecule has 0 aromatic heterocycles. The number of methoxy groups -OCH3 is 1. The van der Waals surface area contributed by atoms with E-state index in [9.17, 15) is 4.39 Å². The SMILES string of the molecule is CCCc1ccc(C=NN=Cc2ccc(OC)cc2F)cc1. The summed E-state index contributed by atoms with van der Waals surface area (Å²) in [4.78, 5) is 0. The maximum absolute atomic E-state index is 13.7. The molecule has 0 bridgehead atoms. The molecule has 2 aromatic rings. The lowest BCUT2D eigenvalue weighted by Crippen LogP contribution is -1.90. The second-order valence-electron chi connectivity index (χ2n) is 4.87. The molecule has 0 N–H and O–H groups in total. The average molecular weight is 298 g/mol. The average Bonchev–Trinajstić information content (AvgIpc) is 2.54. The molecule has 0 aliphatic carbocycles. The van der Waals surface area contributed by atoms with Gasteiger partial charge in [0.1, 0.15) is 11.6 Å². The van der Waals surface area contributed by atoms with Crippen molar-refractivity contribution in [2.24, 2.45) is 10.2 Å². The predicted molar refractivity (Wildman–Crippen MR) is 88.6 cm³/mol. The molecule has 0 saturated heterocycles. The number of ether oxygens (including phenoxy) is 1. The normalized spacial score (nSPS) is 11.4. The lowest BCUT2D eigenvalue weighted by atomic mass is 10.1. The van der Waals surface area contributed by atoms with Crippen LogP contribution in [-0.2, 0) is 6.42 Å². The molecule has 0 saturated carbocycles. The Morgan fingerprint density at radius 3 is 2.41 bits per heavy atom. The minimum absolute atomic E-state index is 0.372. The van der Waals surface area contributed by atoms with Crippen LogP contribution in [0.25, 0.3) is 0 Å². The predicted octanol–water partition coefficient (Wildman–Crippen LogP) is 4.24. The highest BCUT2D eigenvalue weighted by atomic mass is 19.1. The van der Waals surface area contributed by atoms with E-state index in [1.807, 2.05) is 12.1 Å². The summed E-state index contributed by atoms with van der Waals surface area (Å²) in [5.74, 6) is 0.0903. The van der Waals surface area contributed by atoms with Crippen molar-refractivity contribution in [2.75, 3.05) is 7.11 Å². The molecule has 2 rings (SSSR count). The number of benzene rings is 2. The smallest absolute Gasteiger partial charge is 0.135 e. The lowest BCUT2D eigenvalue weighted by Gasteiger charge is -2.00. The van der Waals surface area contributed by atoms with E-state index >= 15 is 0 Å². The third kappa shape index (κ3) is 4.52. The first-order chi connectivity index (χ1) is 10.7. The second-order valence-corrected chi connectivity index (χ2v) is 4.87. The molecule has 0 spiro atoms. The van der Waals surface area contributed by atoms with Crippen molar-refractivity contribution < 1.29 is 9.13 Å². The van der Waals surface area contributed by atoms with Crippen LogP contribution in [0.1, 0.15) is 30.0 Å². The van der Waals surface area contributed by atoms with Crippen molar-refractivity contribution in [3.8, 4) is 5.75 Å². The van der Waals surface area contributed by atoms with Gasteiger partial charge < -0.3 is 4.74 Å². The van der Waals surface area contributed by atoms with Gasteiger partial charge in [0.2, 0.25) is 0 Å². The largest absolute Gasteiger partial charge is 0.497 e. The van der Waals surface area contributed by atoms with Crippen molar-refractivity contribution in [3.05, 3.63) is 65.0 Å². The molecule has 2 aromatic carbocycles. The number of rotatable bonds is 6. The van der Waals surface area contributed by atoms with Crippen molar-refractivity contribution in [2.45, 2.75) is 19.8 Å². The fourth-order valence-electron chi connectivity index (χ4n) is 1.99. The van der Waals surface area contributed by atoms with Crippen molar-refractivity contribution >= 4 is 12.4 Å². The molecule has 0 radical (unpaired) electrons. The zero-order valence-electron chi connectivity index (χ0n) is 12.8. The Bertz CT molecular complexity index is 663. The van der Waals surface area contributed by atoms with Gasteiger partial charge in [0.15, 0.2) is 0 Å². The molecule has 0 aliphatic rings. The van der Waals surface area contributed by atoms with Crippen LogP contribution in [0.3, 0.4) is 0 Å². The Labute approximate surface area is 130 Å². The van der Waals surface area contributed by atoms with E-state index in [2.05, 4.69) is 29.3 Å². The molecular formula is C18H19FN2O. The molecule has 3 nitrogen and oxygen atoms in total. The molecule has 0 aliphatic heterocycles. The Balaban J connectivity index is 1.99. The number of hydrogen-bond acceptors (Lipinski definition) is 3.